The Balaban J connectivity index is 2.82. The molecule has 0 heterocycles. The Kier molecular flexibility index (Phi) is 7.28. The molecule has 1 nitrogen and oxygen atoms in total. The van der Waals surface area contributed by atoms with Crippen LogP contribution in [0.3, 0.4) is 0 Å². The highest BCUT2D eigenvalue weighted by atomic mass is 35.9. The Labute approximate surface area is 133 Å². The van der Waals surface area contributed by atoms with Crippen LogP contribution in [0, 0.1) is 0 Å². The Hall–Kier alpha value is 1.48. The molecule has 18 heavy (non-hydrogen) atoms. The molecule has 0 aromatic rings. The van der Waals surface area contributed by atoms with Gasteiger partial charge in [-0.15, -0.1) is 35.0 Å². The van der Waals surface area contributed by atoms with Gasteiger partial charge in [-0.05, 0) is 49.2 Å². The fourth-order valence-electron chi connectivity index (χ4n) is 1.90. The maximum absolute atomic E-state index is 11.7. The quantitative estimate of drug-likeness (QED) is 0.400. The minimum absolute atomic E-state index is 0.131. The second-order valence-electron chi connectivity index (χ2n) is 4.66. The summed E-state index contributed by atoms with van der Waals surface area (Å²) in [7, 11) is 0. The Morgan fingerprint density at radius 2 is 1.83 bits per heavy atom. The molecular formula is C11H17Cl4OPS. The monoisotopic (exact) mass is 368 g/mol. The number of halogens is 4. The van der Waals surface area contributed by atoms with Gasteiger partial charge < -0.3 is 0 Å². The molecular weight excluding hydrogens is 353 g/mol. The van der Waals surface area contributed by atoms with E-state index in [0.717, 1.165) is 23.3 Å². The largest absolute Gasteiger partial charge is 0.287 e. The van der Waals surface area contributed by atoms with E-state index in [1.54, 1.807) is 11.8 Å². The lowest BCUT2D eigenvalue weighted by Gasteiger charge is -2.29. The summed E-state index contributed by atoms with van der Waals surface area (Å²) in [5.74, 6) is -3.37. The Morgan fingerprint density at radius 1 is 1.28 bits per heavy atom. The van der Waals surface area contributed by atoms with Crippen LogP contribution in [0.1, 0.15) is 39.5 Å². The fraction of sp³-hybridized carbons (Fsp3) is 0.818. The van der Waals surface area contributed by atoms with Crippen molar-refractivity contribution in [2.45, 2.75) is 55.3 Å². The van der Waals surface area contributed by atoms with Crippen LogP contribution >= 0.6 is 63.3 Å². The van der Waals surface area contributed by atoms with Gasteiger partial charge in [-0.25, -0.2) is 0 Å². The zero-order chi connectivity index (χ0) is 13.9. The Morgan fingerprint density at radius 3 is 2.28 bits per heavy atom. The van der Waals surface area contributed by atoms with Crippen LogP contribution in [0.15, 0.2) is 10.5 Å². The minimum Gasteiger partial charge on any atom is -0.287 e. The van der Waals surface area contributed by atoms with Gasteiger partial charge >= 0.3 is 0 Å². The third-order valence-electron chi connectivity index (χ3n) is 2.87. The van der Waals surface area contributed by atoms with Crippen molar-refractivity contribution in [1.29, 1.82) is 0 Å². The van der Waals surface area contributed by atoms with E-state index in [0.29, 0.717) is 5.25 Å². The Bertz CT molecular complexity index is 364. The molecule has 0 saturated heterocycles. The summed E-state index contributed by atoms with van der Waals surface area (Å²) in [4.78, 5) is 0.808. The third-order valence-corrected chi connectivity index (χ3v) is 9.21. The summed E-state index contributed by atoms with van der Waals surface area (Å²) in [5.41, 5.74) is 0.996. The smallest absolute Gasteiger partial charge is 0.275 e. The number of alkyl halides is 2. The number of hydrogen-bond acceptors (Lipinski definition) is 2. The molecule has 0 amide bonds. The van der Waals surface area contributed by atoms with Gasteiger partial charge in [-0.1, -0.05) is 18.4 Å². The first-order valence-electron chi connectivity index (χ1n) is 5.84. The van der Waals surface area contributed by atoms with Gasteiger partial charge in [0.15, 0.2) is 0 Å². The van der Waals surface area contributed by atoms with Crippen molar-refractivity contribution in [2.24, 2.45) is 0 Å². The first-order chi connectivity index (χ1) is 8.23. The standard InChI is InChI=1S/C11H17Cl4OPS/c1-7(2)10(11(13)17(14,15)16)18-9-6-4-3-5-8(9)12/h8-9,11H,3-6H2,1-2H3/t8-,9-,11?/m0/s1. The van der Waals surface area contributed by atoms with E-state index in [2.05, 4.69) is 0 Å². The van der Waals surface area contributed by atoms with Crippen molar-refractivity contribution < 1.29 is 4.57 Å². The molecule has 1 rings (SSSR count). The molecule has 0 spiro atoms. The summed E-state index contributed by atoms with van der Waals surface area (Å²) in [6.45, 7) is 3.85. The number of hydrogen-bond donors (Lipinski definition) is 0. The second-order valence-corrected chi connectivity index (χ2v) is 12.3. The lowest BCUT2D eigenvalue weighted by Crippen LogP contribution is -2.23. The normalized spacial score (nSPS) is 26.8. The van der Waals surface area contributed by atoms with Crippen molar-refractivity contribution in [2.75, 3.05) is 0 Å². The molecule has 1 aliphatic carbocycles. The molecule has 1 aliphatic rings. The van der Waals surface area contributed by atoms with Crippen LogP contribution < -0.4 is 0 Å². The van der Waals surface area contributed by atoms with E-state index in [9.17, 15) is 4.57 Å². The molecule has 1 unspecified atom stereocenters. The van der Waals surface area contributed by atoms with E-state index in [-0.39, 0.29) is 5.38 Å². The number of rotatable bonds is 4. The second kappa shape index (κ2) is 7.48. The summed E-state index contributed by atoms with van der Waals surface area (Å²) < 4.78 is 11.7. The molecule has 106 valence electrons. The maximum Gasteiger partial charge on any atom is 0.275 e. The van der Waals surface area contributed by atoms with E-state index >= 15 is 0 Å². The summed E-state index contributed by atoms with van der Waals surface area (Å²) >= 11 is 25.4. The third kappa shape index (κ3) is 5.11. The van der Waals surface area contributed by atoms with Gasteiger partial charge in [0.2, 0.25) is 0 Å². The molecule has 3 atom stereocenters. The van der Waals surface area contributed by atoms with Crippen LogP contribution in [0.25, 0.3) is 0 Å². The van der Waals surface area contributed by atoms with E-state index < -0.39 is 11.0 Å². The predicted octanol–water partition coefficient (Wildman–Crippen LogP) is 6.80. The minimum atomic E-state index is -3.37. The van der Waals surface area contributed by atoms with Gasteiger partial charge in [0, 0.05) is 15.5 Å². The highest BCUT2D eigenvalue weighted by molar-refractivity contribution is 8.11. The molecule has 0 aromatic heterocycles. The van der Waals surface area contributed by atoms with Crippen molar-refractivity contribution >= 4 is 63.3 Å². The highest BCUT2D eigenvalue weighted by Crippen LogP contribution is 2.66. The van der Waals surface area contributed by atoms with Crippen molar-refractivity contribution in [3.8, 4) is 0 Å². The zero-order valence-electron chi connectivity index (χ0n) is 10.3. The molecule has 1 saturated carbocycles. The lowest BCUT2D eigenvalue weighted by molar-refractivity contribution is 0.523. The summed E-state index contributed by atoms with van der Waals surface area (Å²) in [6, 6.07) is 0. The molecule has 0 aliphatic heterocycles. The number of allylic oxidation sites excluding steroid dienone is 2. The van der Waals surface area contributed by atoms with Gasteiger partial charge in [0.1, 0.15) is 5.12 Å². The fourth-order valence-corrected chi connectivity index (χ4v) is 6.04. The lowest BCUT2D eigenvalue weighted by atomic mass is 10.00. The van der Waals surface area contributed by atoms with Gasteiger partial charge in [0.25, 0.3) is 5.85 Å². The summed E-state index contributed by atoms with van der Waals surface area (Å²) in [5, 5.41) is -0.403. The van der Waals surface area contributed by atoms with E-state index in [1.165, 1.54) is 12.8 Å². The highest BCUT2D eigenvalue weighted by Gasteiger charge is 2.34. The molecule has 0 radical (unpaired) electrons. The van der Waals surface area contributed by atoms with Crippen LogP contribution in [0.5, 0.6) is 0 Å². The van der Waals surface area contributed by atoms with Crippen LogP contribution in [0.2, 0.25) is 0 Å². The average molecular weight is 370 g/mol. The number of thioether (sulfide) groups is 1. The van der Waals surface area contributed by atoms with E-state index in [4.69, 9.17) is 45.7 Å². The summed E-state index contributed by atoms with van der Waals surface area (Å²) in [6.07, 6.45) is 4.40. The van der Waals surface area contributed by atoms with Crippen LogP contribution in [-0.4, -0.2) is 15.7 Å². The topological polar surface area (TPSA) is 17.1 Å². The van der Waals surface area contributed by atoms with Crippen molar-refractivity contribution in [1.82, 2.24) is 0 Å². The molecule has 0 bridgehead atoms. The van der Waals surface area contributed by atoms with E-state index in [1.807, 2.05) is 13.8 Å². The van der Waals surface area contributed by atoms with Gasteiger partial charge in [0.05, 0.1) is 0 Å². The zero-order valence-corrected chi connectivity index (χ0v) is 15.1. The average Bonchev–Trinajstić information content (AvgIpc) is 2.25. The van der Waals surface area contributed by atoms with Crippen LogP contribution in [0.4, 0.5) is 0 Å². The predicted molar refractivity (Wildman–Crippen MR) is 86.8 cm³/mol. The molecule has 0 N–H and O–H groups in total. The molecule has 1 fully saturated rings. The van der Waals surface area contributed by atoms with Crippen LogP contribution in [-0.2, 0) is 4.57 Å². The van der Waals surface area contributed by atoms with Gasteiger partial charge in [-0.3, -0.25) is 4.57 Å². The first-order valence-corrected chi connectivity index (χ1v) is 11.2. The molecule has 0 aromatic carbocycles. The molecule has 7 heteroatoms. The van der Waals surface area contributed by atoms with Crippen molar-refractivity contribution in [3.63, 3.8) is 0 Å². The maximum atomic E-state index is 11.7. The SMILES string of the molecule is CC(C)=C(S[C@H]1CCCC[C@@H]1Cl)C(Cl)P(=O)(Cl)Cl. The first kappa shape index (κ1) is 17.5. The van der Waals surface area contributed by atoms with Crippen molar-refractivity contribution in [3.05, 3.63) is 10.5 Å². The van der Waals surface area contributed by atoms with Gasteiger partial charge in [-0.2, -0.15) is 0 Å².